The molecule has 200 valence electrons. The summed E-state index contributed by atoms with van der Waals surface area (Å²) in [7, 11) is 0. The highest BCUT2D eigenvalue weighted by Gasteiger charge is 2.42. The average Bonchev–Trinajstić information content (AvgIpc) is 2.97. The fraction of sp³-hybridized carbons (Fsp3) is 0.226. The van der Waals surface area contributed by atoms with Gasteiger partial charge in [0, 0.05) is 22.5 Å². The van der Waals surface area contributed by atoms with Gasteiger partial charge < -0.3 is 39.9 Å². The summed E-state index contributed by atoms with van der Waals surface area (Å²) in [5.74, 6) is 2.89. The van der Waals surface area contributed by atoms with Crippen LogP contribution in [0.15, 0.2) is 97.1 Å². The van der Waals surface area contributed by atoms with Crippen LogP contribution in [0.2, 0.25) is 0 Å². The van der Waals surface area contributed by atoms with Gasteiger partial charge in [-0.25, -0.2) is 0 Å². The zero-order chi connectivity index (χ0) is 26.7. The van der Waals surface area contributed by atoms with Gasteiger partial charge in [-0.15, -0.1) is 0 Å². The summed E-state index contributed by atoms with van der Waals surface area (Å²) in [5, 5.41) is 0. The summed E-state index contributed by atoms with van der Waals surface area (Å²) in [6.07, 6.45) is -0.903. The Bertz CT molecular complexity index is 1250. The van der Waals surface area contributed by atoms with Crippen molar-refractivity contribution >= 4 is 11.4 Å². The Hall–Kier alpha value is -4.08. The molecule has 2 aliphatic heterocycles. The summed E-state index contributed by atoms with van der Waals surface area (Å²) >= 11 is 0. The number of rotatable bonds is 6. The van der Waals surface area contributed by atoms with Crippen molar-refractivity contribution in [1.82, 2.24) is 0 Å². The molecule has 0 amide bonds. The molecule has 8 nitrogen and oxygen atoms in total. The Kier molecular flexibility index (Phi) is 7.08. The first-order chi connectivity index (χ1) is 19.0. The Morgan fingerprint density at radius 1 is 0.462 bits per heavy atom. The zero-order valence-corrected chi connectivity index (χ0v) is 21.3. The van der Waals surface area contributed by atoms with Gasteiger partial charge in [0.2, 0.25) is 0 Å². The standard InChI is InChI=1S/C31H30N2O6/c32-23-5-13-27(14-6-23)38-25-9-1-21(2-10-25)29-34-17-31(18-35-29)19-36-30(37-20-31)22-3-11-26(12-4-22)39-28-15-7-24(33)8-16-28/h1-16,29-30H,17-20,32-33H2. The van der Waals surface area contributed by atoms with Crippen LogP contribution in [-0.2, 0) is 18.9 Å². The zero-order valence-electron chi connectivity index (χ0n) is 21.3. The Morgan fingerprint density at radius 3 is 1.05 bits per heavy atom. The van der Waals surface area contributed by atoms with E-state index in [9.17, 15) is 0 Å². The Balaban J connectivity index is 0.988. The Morgan fingerprint density at radius 2 is 0.744 bits per heavy atom. The van der Waals surface area contributed by atoms with E-state index in [0.29, 0.717) is 37.8 Å². The Labute approximate surface area is 227 Å². The molecule has 8 heteroatoms. The molecule has 0 aromatic heterocycles. The normalized spacial score (nSPS) is 22.9. The molecule has 2 aliphatic rings. The van der Waals surface area contributed by atoms with E-state index in [-0.39, 0.29) is 5.41 Å². The minimum absolute atomic E-state index is 0.344. The highest BCUT2D eigenvalue weighted by molar-refractivity contribution is 5.44. The quantitative estimate of drug-likeness (QED) is 0.286. The van der Waals surface area contributed by atoms with Crippen LogP contribution in [-0.4, -0.2) is 26.4 Å². The summed E-state index contributed by atoms with van der Waals surface area (Å²) in [6, 6.07) is 29.9. The number of hydrogen-bond donors (Lipinski definition) is 2. The van der Waals surface area contributed by atoms with Crippen LogP contribution in [0.5, 0.6) is 23.0 Å². The van der Waals surface area contributed by atoms with E-state index in [0.717, 1.165) is 34.1 Å². The van der Waals surface area contributed by atoms with Crippen molar-refractivity contribution in [1.29, 1.82) is 0 Å². The lowest BCUT2D eigenvalue weighted by molar-refractivity contribution is -0.307. The summed E-state index contributed by atoms with van der Waals surface area (Å²) < 4.78 is 36.1. The first kappa shape index (κ1) is 25.2. The van der Waals surface area contributed by atoms with E-state index in [1.807, 2.05) is 72.8 Å². The predicted molar refractivity (Wildman–Crippen MR) is 146 cm³/mol. The van der Waals surface area contributed by atoms with Crippen LogP contribution in [0.1, 0.15) is 23.7 Å². The van der Waals surface area contributed by atoms with Crippen molar-refractivity contribution in [3.63, 3.8) is 0 Å². The third-order valence-corrected chi connectivity index (χ3v) is 6.70. The van der Waals surface area contributed by atoms with E-state index < -0.39 is 12.6 Å². The van der Waals surface area contributed by atoms with Gasteiger partial charge in [0.25, 0.3) is 0 Å². The molecule has 6 rings (SSSR count). The smallest absolute Gasteiger partial charge is 0.183 e. The maximum Gasteiger partial charge on any atom is 0.183 e. The molecule has 0 unspecified atom stereocenters. The molecule has 2 saturated heterocycles. The lowest BCUT2D eigenvalue weighted by atomic mass is 9.90. The largest absolute Gasteiger partial charge is 0.457 e. The number of benzene rings is 4. The van der Waals surface area contributed by atoms with Crippen molar-refractivity contribution in [3.05, 3.63) is 108 Å². The van der Waals surface area contributed by atoms with Crippen molar-refractivity contribution < 1.29 is 28.4 Å². The van der Waals surface area contributed by atoms with Crippen LogP contribution in [0.3, 0.4) is 0 Å². The van der Waals surface area contributed by atoms with Gasteiger partial charge in [-0.2, -0.15) is 0 Å². The van der Waals surface area contributed by atoms with E-state index in [4.69, 9.17) is 39.9 Å². The number of anilines is 2. The first-order valence-corrected chi connectivity index (χ1v) is 12.8. The molecule has 4 N–H and O–H groups in total. The minimum atomic E-state index is -0.451. The van der Waals surface area contributed by atoms with Gasteiger partial charge in [-0.3, -0.25) is 0 Å². The van der Waals surface area contributed by atoms with Gasteiger partial charge in [0.15, 0.2) is 12.6 Å². The minimum Gasteiger partial charge on any atom is -0.457 e. The van der Waals surface area contributed by atoms with Gasteiger partial charge in [0.1, 0.15) is 23.0 Å². The van der Waals surface area contributed by atoms with Gasteiger partial charge in [0.05, 0.1) is 31.8 Å². The molecule has 39 heavy (non-hydrogen) atoms. The second-order valence-corrected chi connectivity index (χ2v) is 9.89. The van der Waals surface area contributed by atoms with Crippen molar-refractivity contribution in [2.45, 2.75) is 12.6 Å². The van der Waals surface area contributed by atoms with Gasteiger partial charge in [-0.1, -0.05) is 24.3 Å². The first-order valence-electron chi connectivity index (χ1n) is 12.8. The second-order valence-electron chi connectivity index (χ2n) is 9.89. The number of nitrogens with two attached hydrogens (primary N) is 2. The molecule has 1 spiro atoms. The van der Waals surface area contributed by atoms with Gasteiger partial charge >= 0.3 is 0 Å². The monoisotopic (exact) mass is 526 g/mol. The maximum atomic E-state index is 6.09. The molecule has 2 fully saturated rings. The topological polar surface area (TPSA) is 107 Å². The molecule has 0 saturated carbocycles. The third kappa shape index (κ3) is 6.00. The molecular weight excluding hydrogens is 496 g/mol. The van der Waals surface area contributed by atoms with Crippen LogP contribution in [0.4, 0.5) is 11.4 Å². The molecule has 4 aromatic carbocycles. The van der Waals surface area contributed by atoms with E-state index >= 15 is 0 Å². The number of ether oxygens (including phenoxy) is 6. The van der Waals surface area contributed by atoms with Crippen molar-refractivity contribution in [2.24, 2.45) is 5.41 Å². The lowest BCUT2D eigenvalue weighted by Crippen LogP contribution is -2.49. The van der Waals surface area contributed by atoms with Crippen molar-refractivity contribution in [2.75, 3.05) is 37.9 Å². The van der Waals surface area contributed by atoms with Gasteiger partial charge in [-0.05, 0) is 72.8 Å². The fourth-order valence-electron chi connectivity index (χ4n) is 4.47. The van der Waals surface area contributed by atoms with Crippen LogP contribution >= 0.6 is 0 Å². The van der Waals surface area contributed by atoms with E-state index in [2.05, 4.69) is 0 Å². The number of nitrogen functional groups attached to an aromatic ring is 2. The third-order valence-electron chi connectivity index (χ3n) is 6.70. The molecular formula is C31H30N2O6. The average molecular weight is 527 g/mol. The molecule has 0 aliphatic carbocycles. The molecule has 4 aromatic rings. The highest BCUT2D eigenvalue weighted by Crippen LogP contribution is 2.39. The number of hydrogen-bond acceptors (Lipinski definition) is 8. The van der Waals surface area contributed by atoms with Crippen LogP contribution < -0.4 is 20.9 Å². The second kappa shape index (κ2) is 11.0. The molecule has 0 atom stereocenters. The van der Waals surface area contributed by atoms with Crippen LogP contribution in [0, 0.1) is 5.41 Å². The van der Waals surface area contributed by atoms with E-state index in [1.165, 1.54) is 0 Å². The highest BCUT2D eigenvalue weighted by atomic mass is 16.7. The fourth-order valence-corrected chi connectivity index (χ4v) is 4.47. The molecule has 2 heterocycles. The molecule has 0 radical (unpaired) electrons. The van der Waals surface area contributed by atoms with E-state index in [1.54, 1.807) is 24.3 Å². The lowest BCUT2D eigenvalue weighted by Gasteiger charge is -2.43. The summed E-state index contributed by atoms with van der Waals surface area (Å²) in [6.45, 7) is 1.90. The summed E-state index contributed by atoms with van der Waals surface area (Å²) in [5.41, 5.74) is 14.4. The SMILES string of the molecule is Nc1ccc(Oc2ccc(C3OCC4(CO3)COC(c3ccc(Oc5ccc(N)cc5)cc3)OC4)cc2)cc1. The predicted octanol–water partition coefficient (Wildman–Crippen LogP) is 6.21. The maximum absolute atomic E-state index is 6.09. The van der Waals surface area contributed by atoms with Crippen LogP contribution in [0.25, 0.3) is 0 Å². The molecule has 0 bridgehead atoms. The summed E-state index contributed by atoms with van der Waals surface area (Å²) in [4.78, 5) is 0. The van der Waals surface area contributed by atoms with Crippen molar-refractivity contribution in [3.8, 4) is 23.0 Å².